The van der Waals surface area contributed by atoms with Crippen molar-refractivity contribution in [3.8, 4) is 0 Å². The van der Waals surface area contributed by atoms with E-state index in [0.29, 0.717) is 17.1 Å². The first-order valence-corrected chi connectivity index (χ1v) is 12.6. The Kier molecular flexibility index (Phi) is 7.09. The van der Waals surface area contributed by atoms with E-state index in [0.717, 1.165) is 29.0 Å². The predicted molar refractivity (Wildman–Crippen MR) is 122 cm³/mol. The van der Waals surface area contributed by atoms with Crippen LogP contribution < -0.4 is 9.62 Å². The minimum Gasteiger partial charge on any atom is -0.347 e. The van der Waals surface area contributed by atoms with E-state index < -0.39 is 16.1 Å². The van der Waals surface area contributed by atoms with Gasteiger partial charge in [-0.25, -0.2) is 8.42 Å². The third-order valence-electron chi connectivity index (χ3n) is 5.65. The Bertz CT molecular complexity index is 1020. The molecule has 0 bridgehead atoms. The van der Waals surface area contributed by atoms with Gasteiger partial charge in [-0.3, -0.25) is 9.10 Å². The Morgan fingerprint density at radius 3 is 2.47 bits per heavy atom. The molecule has 0 fully saturated rings. The molecule has 0 radical (unpaired) electrons. The minimum absolute atomic E-state index is 0.173. The number of halogens is 1. The SMILES string of the molecule is CC[C@H](NC(=O)[C@H](C)N(c1cccc(Cl)c1)S(C)(=O)=O)c1ccc2c(c1)CCCC2. The Balaban J connectivity index is 1.83. The standard InChI is InChI=1S/C23H29ClN2O3S/c1-4-22(19-13-12-17-8-5-6-9-18(17)14-19)25-23(27)16(2)26(30(3,28)29)21-11-7-10-20(24)15-21/h7,10-16,22H,4-6,8-9H2,1-3H3,(H,25,27)/t16-,22-/m0/s1. The molecule has 0 aliphatic heterocycles. The number of nitrogens with zero attached hydrogens (tertiary/aromatic N) is 1. The zero-order valence-electron chi connectivity index (χ0n) is 17.7. The van der Waals surface area contributed by atoms with Crippen LogP contribution in [0.4, 0.5) is 5.69 Å². The van der Waals surface area contributed by atoms with Crippen LogP contribution in [0, 0.1) is 0 Å². The zero-order valence-corrected chi connectivity index (χ0v) is 19.3. The van der Waals surface area contributed by atoms with E-state index in [4.69, 9.17) is 11.6 Å². The lowest BCUT2D eigenvalue weighted by Crippen LogP contribution is -2.48. The van der Waals surface area contributed by atoms with Crippen LogP contribution in [0.1, 0.15) is 55.8 Å². The van der Waals surface area contributed by atoms with Crippen LogP contribution in [0.25, 0.3) is 0 Å². The second kappa shape index (κ2) is 9.40. The van der Waals surface area contributed by atoms with Crippen molar-refractivity contribution in [1.82, 2.24) is 5.32 Å². The third kappa shape index (κ3) is 5.16. The summed E-state index contributed by atoms with van der Waals surface area (Å²) in [5, 5.41) is 3.46. The second-order valence-electron chi connectivity index (χ2n) is 7.92. The van der Waals surface area contributed by atoms with E-state index in [9.17, 15) is 13.2 Å². The monoisotopic (exact) mass is 448 g/mol. The molecule has 2 aromatic rings. The summed E-state index contributed by atoms with van der Waals surface area (Å²) in [6, 6.07) is 11.9. The maximum atomic E-state index is 13.1. The van der Waals surface area contributed by atoms with Crippen LogP contribution in [0.15, 0.2) is 42.5 Å². The van der Waals surface area contributed by atoms with E-state index >= 15 is 0 Å². The average molecular weight is 449 g/mol. The number of anilines is 1. The van der Waals surface area contributed by atoms with E-state index in [1.807, 2.05) is 6.92 Å². The average Bonchev–Trinajstić information content (AvgIpc) is 2.70. The number of aryl methyl sites for hydroxylation is 2. The number of carbonyl (C=O) groups excluding carboxylic acids is 1. The molecular formula is C23H29ClN2O3S. The summed E-state index contributed by atoms with van der Waals surface area (Å²) < 4.78 is 26.1. The summed E-state index contributed by atoms with van der Waals surface area (Å²) in [5.74, 6) is -0.343. The molecule has 0 heterocycles. The van der Waals surface area contributed by atoms with Crippen LogP contribution in [0.3, 0.4) is 0 Å². The number of sulfonamides is 1. The van der Waals surface area contributed by atoms with Crippen LogP contribution in [0.5, 0.6) is 0 Å². The first-order valence-electron chi connectivity index (χ1n) is 10.4. The molecule has 1 N–H and O–H groups in total. The summed E-state index contributed by atoms with van der Waals surface area (Å²) in [7, 11) is -3.68. The number of hydrogen-bond acceptors (Lipinski definition) is 3. The molecule has 30 heavy (non-hydrogen) atoms. The van der Waals surface area contributed by atoms with Gasteiger partial charge in [-0.1, -0.05) is 42.8 Å². The van der Waals surface area contributed by atoms with E-state index in [1.165, 1.54) is 24.0 Å². The Morgan fingerprint density at radius 1 is 1.13 bits per heavy atom. The van der Waals surface area contributed by atoms with Crippen molar-refractivity contribution in [3.05, 3.63) is 64.2 Å². The van der Waals surface area contributed by atoms with Crippen molar-refractivity contribution in [2.45, 2.75) is 58.0 Å². The van der Waals surface area contributed by atoms with Crippen molar-refractivity contribution < 1.29 is 13.2 Å². The number of carbonyl (C=O) groups is 1. The van der Waals surface area contributed by atoms with Gasteiger partial charge in [0.25, 0.3) is 0 Å². The van der Waals surface area contributed by atoms with Crippen molar-refractivity contribution >= 4 is 33.2 Å². The summed E-state index contributed by atoms with van der Waals surface area (Å²) >= 11 is 6.05. The van der Waals surface area contributed by atoms with Gasteiger partial charge in [0.05, 0.1) is 18.0 Å². The largest absolute Gasteiger partial charge is 0.347 e. The first-order chi connectivity index (χ1) is 14.2. The smallest absolute Gasteiger partial charge is 0.244 e. The van der Waals surface area contributed by atoms with Gasteiger partial charge in [0.2, 0.25) is 15.9 Å². The van der Waals surface area contributed by atoms with Crippen LogP contribution in [0.2, 0.25) is 5.02 Å². The van der Waals surface area contributed by atoms with E-state index in [1.54, 1.807) is 31.2 Å². The highest BCUT2D eigenvalue weighted by atomic mass is 35.5. The molecule has 5 nitrogen and oxygen atoms in total. The van der Waals surface area contributed by atoms with Crippen molar-refractivity contribution in [1.29, 1.82) is 0 Å². The highest BCUT2D eigenvalue weighted by Crippen LogP contribution is 2.27. The Hall–Kier alpha value is -2.05. The Morgan fingerprint density at radius 2 is 1.83 bits per heavy atom. The number of amides is 1. The molecule has 0 saturated heterocycles. The van der Waals surface area contributed by atoms with Gasteiger partial charge in [-0.2, -0.15) is 0 Å². The molecule has 162 valence electrons. The first kappa shape index (κ1) is 22.6. The van der Waals surface area contributed by atoms with Gasteiger partial charge in [0, 0.05) is 5.02 Å². The molecule has 1 amide bonds. The van der Waals surface area contributed by atoms with Crippen LogP contribution in [-0.2, 0) is 27.7 Å². The number of rotatable bonds is 7. The Labute approximate surface area is 184 Å². The van der Waals surface area contributed by atoms with Gasteiger partial charge in [0.15, 0.2) is 0 Å². The van der Waals surface area contributed by atoms with Gasteiger partial charge in [0.1, 0.15) is 6.04 Å². The fourth-order valence-electron chi connectivity index (χ4n) is 4.11. The van der Waals surface area contributed by atoms with Crippen LogP contribution >= 0.6 is 11.6 Å². The molecule has 0 saturated carbocycles. The summed E-state index contributed by atoms with van der Waals surface area (Å²) in [4.78, 5) is 13.1. The molecular weight excluding hydrogens is 420 g/mol. The molecule has 1 aliphatic rings. The fraction of sp³-hybridized carbons (Fsp3) is 0.435. The molecule has 0 spiro atoms. The number of benzene rings is 2. The molecule has 0 unspecified atom stereocenters. The molecule has 2 aromatic carbocycles. The lowest BCUT2D eigenvalue weighted by Gasteiger charge is -2.30. The summed E-state index contributed by atoms with van der Waals surface area (Å²) in [5.41, 5.74) is 4.18. The topological polar surface area (TPSA) is 66.5 Å². The van der Waals surface area contributed by atoms with Gasteiger partial charge >= 0.3 is 0 Å². The molecule has 1 aliphatic carbocycles. The normalized spacial score (nSPS) is 15.7. The molecule has 2 atom stereocenters. The lowest BCUT2D eigenvalue weighted by atomic mass is 9.88. The van der Waals surface area contributed by atoms with Crippen molar-refractivity contribution in [2.24, 2.45) is 0 Å². The van der Waals surface area contributed by atoms with Crippen molar-refractivity contribution in [2.75, 3.05) is 10.6 Å². The highest BCUT2D eigenvalue weighted by molar-refractivity contribution is 7.92. The van der Waals surface area contributed by atoms with E-state index in [2.05, 4.69) is 23.5 Å². The van der Waals surface area contributed by atoms with Gasteiger partial charge in [-0.15, -0.1) is 0 Å². The second-order valence-corrected chi connectivity index (χ2v) is 10.2. The predicted octanol–water partition coefficient (Wildman–Crippen LogP) is 4.64. The van der Waals surface area contributed by atoms with E-state index in [-0.39, 0.29) is 11.9 Å². The minimum atomic E-state index is -3.68. The molecule has 0 aromatic heterocycles. The molecule has 7 heteroatoms. The highest BCUT2D eigenvalue weighted by Gasteiger charge is 2.30. The van der Waals surface area contributed by atoms with Crippen LogP contribution in [-0.4, -0.2) is 26.6 Å². The number of hydrogen-bond donors (Lipinski definition) is 1. The summed E-state index contributed by atoms with van der Waals surface area (Å²) in [6.45, 7) is 3.61. The fourth-order valence-corrected chi connectivity index (χ4v) is 5.46. The quantitative estimate of drug-likeness (QED) is 0.670. The van der Waals surface area contributed by atoms with Gasteiger partial charge in [-0.05, 0) is 73.9 Å². The van der Waals surface area contributed by atoms with Crippen molar-refractivity contribution in [3.63, 3.8) is 0 Å². The zero-order chi connectivity index (χ0) is 21.9. The maximum Gasteiger partial charge on any atom is 0.244 e. The molecule has 3 rings (SSSR count). The number of fused-ring (bicyclic) bond motifs is 1. The lowest BCUT2D eigenvalue weighted by molar-refractivity contribution is -0.122. The number of nitrogens with one attached hydrogen (secondary N) is 1. The maximum absolute atomic E-state index is 13.1. The third-order valence-corrected chi connectivity index (χ3v) is 7.13. The summed E-state index contributed by atoms with van der Waals surface area (Å²) in [6.07, 6.45) is 6.41. The van der Waals surface area contributed by atoms with Gasteiger partial charge < -0.3 is 5.32 Å².